The van der Waals surface area contributed by atoms with E-state index in [2.05, 4.69) is 0 Å². The number of hydrogen-bond acceptors (Lipinski definition) is 5. The molecule has 0 radical (unpaired) electrons. The number of para-hydroxylation sites is 1. The van der Waals surface area contributed by atoms with E-state index in [0.29, 0.717) is 11.5 Å². The summed E-state index contributed by atoms with van der Waals surface area (Å²) >= 11 is 1.82. The maximum atomic E-state index is 10.9. The van der Waals surface area contributed by atoms with Crippen molar-refractivity contribution in [3.63, 3.8) is 0 Å². The highest BCUT2D eigenvalue weighted by molar-refractivity contribution is 8.00. The van der Waals surface area contributed by atoms with Gasteiger partial charge in [0.05, 0.1) is 7.11 Å². The van der Waals surface area contributed by atoms with Crippen molar-refractivity contribution in [3.05, 3.63) is 23.8 Å². The van der Waals surface area contributed by atoms with Gasteiger partial charge in [0.25, 0.3) is 0 Å². The molecule has 1 aliphatic heterocycles. The molecule has 0 aromatic heterocycles. The van der Waals surface area contributed by atoms with E-state index in [1.165, 1.54) is 0 Å². The third-order valence-corrected chi connectivity index (χ3v) is 4.14. The van der Waals surface area contributed by atoms with Crippen molar-refractivity contribution in [3.8, 4) is 11.5 Å². The third kappa shape index (κ3) is 3.33. The Morgan fingerprint density at radius 3 is 2.84 bits per heavy atom. The molecular formula is C13H17NO4S. The summed E-state index contributed by atoms with van der Waals surface area (Å²) in [4.78, 5) is 10.9. The highest BCUT2D eigenvalue weighted by Gasteiger charge is 2.24. The molecule has 0 saturated carbocycles. The number of benzene rings is 1. The lowest BCUT2D eigenvalue weighted by molar-refractivity contribution is -0.138. The summed E-state index contributed by atoms with van der Waals surface area (Å²) in [5.41, 5.74) is 6.36. The lowest BCUT2D eigenvalue weighted by Crippen LogP contribution is -2.34. The SMILES string of the molecule is COc1cccc(CC(N)C(=O)O)c1OC1CSC1. The molecular weight excluding hydrogens is 266 g/mol. The van der Waals surface area contributed by atoms with Crippen LogP contribution in [-0.2, 0) is 11.2 Å². The van der Waals surface area contributed by atoms with Crippen molar-refractivity contribution in [1.29, 1.82) is 0 Å². The average molecular weight is 283 g/mol. The van der Waals surface area contributed by atoms with Gasteiger partial charge in [-0.25, -0.2) is 0 Å². The van der Waals surface area contributed by atoms with Crippen LogP contribution in [0.5, 0.6) is 11.5 Å². The number of aliphatic carboxylic acids is 1. The van der Waals surface area contributed by atoms with E-state index in [1.807, 2.05) is 23.9 Å². The van der Waals surface area contributed by atoms with Crippen LogP contribution in [0, 0.1) is 0 Å². The molecule has 1 unspecified atom stereocenters. The zero-order valence-electron chi connectivity index (χ0n) is 10.7. The molecule has 1 aromatic carbocycles. The molecule has 3 N–H and O–H groups in total. The van der Waals surface area contributed by atoms with Crippen molar-refractivity contribution in [2.45, 2.75) is 18.6 Å². The van der Waals surface area contributed by atoms with Crippen LogP contribution < -0.4 is 15.2 Å². The molecule has 1 aromatic rings. The number of ether oxygens (including phenoxy) is 2. The predicted molar refractivity (Wildman–Crippen MR) is 74.1 cm³/mol. The molecule has 0 spiro atoms. The fourth-order valence-electron chi connectivity index (χ4n) is 1.79. The number of carbonyl (C=O) groups is 1. The Morgan fingerprint density at radius 1 is 1.58 bits per heavy atom. The van der Waals surface area contributed by atoms with Gasteiger partial charge in [-0.1, -0.05) is 12.1 Å². The number of carboxylic acid groups (broad SMARTS) is 1. The third-order valence-electron chi connectivity index (χ3n) is 2.93. The molecule has 19 heavy (non-hydrogen) atoms. The summed E-state index contributed by atoms with van der Waals surface area (Å²) < 4.78 is 11.2. The van der Waals surface area contributed by atoms with E-state index in [1.54, 1.807) is 13.2 Å². The quantitative estimate of drug-likeness (QED) is 0.815. The Labute approximate surface area is 116 Å². The van der Waals surface area contributed by atoms with E-state index >= 15 is 0 Å². The minimum absolute atomic E-state index is 0.168. The summed E-state index contributed by atoms with van der Waals surface area (Å²) in [5.74, 6) is 2.11. The lowest BCUT2D eigenvalue weighted by atomic mass is 10.0. The second kappa shape index (κ2) is 6.16. The van der Waals surface area contributed by atoms with Gasteiger partial charge < -0.3 is 20.3 Å². The number of carboxylic acids is 1. The van der Waals surface area contributed by atoms with Gasteiger partial charge in [-0.3, -0.25) is 4.79 Å². The number of thioether (sulfide) groups is 1. The molecule has 5 nitrogen and oxygen atoms in total. The summed E-state index contributed by atoms with van der Waals surface area (Å²) in [7, 11) is 1.57. The van der Waals surface area contributed by atoms with Crippen LogP contribution in [0.4, 0.5) is 0 Å². The van der Waals surface area contributed by atoms with Crippen LogP contribution in [0.25, 0.3) is 0 Å². The van der Waals surface area contributed by atoms with Gasteiger partial charge in [0.1, 0.15) is 12.1 Å². The van der Waals surface area contributed by atoms with Crippen molar-refractivity contribution in [1.82, 2.24) is 0 Å². The standard InChI is InChI=1S/C13H17NO4S/c1-17-11-4-2-3-8(5-10(14)13(15)16)12(11)18-9-6-19-7-9/h2-4,9-10H,5-7,14H2,1H3,(H,15,16). The van der Waals surface area contributed by atoms with Gasteiger partial charge in [0.15, 0.2) is 11.5 Å². The second-order valence-electron chi connectivity index (χ2n) is 4.37. The zero-order valence-corrected chi connectivity index (χ0v) is 11.5. The minimum atomic E-state index is -1.02. The Hall–Kier alpha value is -1.40. The maximum absolute atomic E-state index is 10.9. The van der Waals surface area contributed by atoms with E-state index in [4.69, 9.17) is 20.3 Å². The molecule has 1 heterocycles. The van der Waals surface area contributed by atoms with Crippen molar-refractivity contribution in [2.24, 2.45) is 5.73 Å². The Balaban J connectivity index is 2.22. The summed E-state index contributed by atoms with van der Waals surface area (Å²) in [6.45, 7) is 0. The zero-order chi connectivity index (χ0) is 13.8. The van der Waals surface area contributed by atoms with Crippen molar-refractivity contribution >= 4 is 17.7 Å². The predicted octanol–water partition coefficient (Wildman–Crippen LogP) is 1.14. The monoisotopic (exact) mass is 283 g/mol. The molecule has 6 heteroatoms. The molecule has 1 aliphatic rings. The Morgan fingerprint density at radius 2 is 2.32 bits per heavy atom. The van der Waals surface area contributed by atoms with Gasteiger partial charge in [-0.15, -0.1) is 0 Å². The Kier molecular flexibility index (Phi) is 4.55. The molecule has 1 saturated heterocycles. The Bertz CT molecular complexity index is 462. The molecule has 2 rings (SSSR count). The summed E-state index contributed by atoms with van der Waals surface area (Å²) in [6, 6.07) is 4.50. The fourth-order valence-corrected chi connectivity index (χ4v) is 2.35. The lowest BCUT2D eigenvalue weighted by Gasteiger charge is -2.28. The summed E-state index contributed by atoms with van der Waals surface area (Å²) in [5, 5.41) is 8.90. The van der Waals surface area contributed by atoms with E-state index < -0.39 is 12.0 Å². The molecule has 0 amide bonds. The first-order valence-electron chi connectivity index (χ1n) is 6.00. The molecule has 104 valence electrons. The van der Waals surface area contributed by atoms with Gasteiger partial charge >= 0.3 is 5.97 Å². The first-order chi connectivity index (χ1) is 9.11. The largest absolute Gasteiger partial charge is 0.493 e. The van der Waals surface area contributed by atoms with Crippen LogP contribution in [0.3, 0.4) is 0 Å². The van der Waals surface area contributed by atoms with E-state index in [-0.39, 0.29) is 12.5 Å². The van der Waals surface area contributed by atoms with Crippen LogP contribution in [-0.4, -0.2) is 41.8 Å². The van der Waals surface area contributed by atoms with Crippen LogP contribution >= 0.6 is 11.8 Å². The second-order valence-corrected chi connectivity index (χ2v) is 5.45. The molecule has 0 aliphatic carbocycles. The van der Waals surface area contributed by atoms with Crippen LogP contribution in [0.1, 0.15) is 5.56 Å². The summed E-state index contributed by atoms with van der Waals surface area (Å²) in [6.07, 6.45) is 0.392. The van der Waals surface area contributed by atoms with Gasteiger partial charge in [-0.2, -0.15) is 11.8 Å². The maximum Gasteiger partial charge on any atom is 0.320 e. The van der Waals surface area contributed by atoms with E-state index in [0.717, 1.165) is 17.1 Å². The smallest absolute Gasteiger partial charge is 0.320 e. The molecule has 0 bridgehead atoms. The van der Waals surface area contributed by atoms with E-state index in [9.17, 15) is 4.79 Å². The normalized spacial score (nSPS) is 16.5. The number of hydrogen-bond donors (Lipinski definition) is 2. The van der Waals surface area contributed by atoms with Crippen molar-refractivity contribution in [2.75, 3.05) is 18.6 Å². The minimum Gasteiger partial charge on any atom is -0.493 e. The highest BCUT2D eigenvalue weighted by atomic mass is 32.2. The van der Waals surface area contributed by atoms with Gasteiger partial charge in [-0.05, 0) is 6.07 Å². The first kappa shape index (κ1) is 14.0. The average Bonchev–Trinajstić information content (AvgIpc) is 2.34. The van der Waals surface area contributed by atoms with Gasteiger partial charge in [0.2, 0.25) is 0 Å². The number of methoxy groups -OCH3 is 1. The topological polar surface area (TPSA) is 81.8 Å². The molecule has 1 atom stereocenters. The number of rotatable bonds is 6. The van der Waals surface area contributed by atoms with Crippen molar-refractivity contribution < 1.29 is 19.4 Å². The fraction of sp³-hybridized carbons (Fsp3) is 0.462. The van der Waals surface area contributed by atoms with Gasteiger partial charge in [0, 0.05) is 23.5 Å². The van der Waals surface area contributed by atoms with Crippen LogP contribution in [0.15, 0.2) is 18.2 Å². The first-order valence-corrected chi connectivity index (χ1v) is 7.16. The number of nitrogens with two attached hydrogens (primary N) is 1. The highest BCUT2D eigenvalue weighted by Crippen LogP contribution is 2.35. The van der Waals surface area contributed by atoms with Crippen LogP contribution in [0.2, 0.25) is 0 Å². The molecule has 1 fully saturated rings.